The Hall–Kier alpha value is -1.32. The maximum atomic E-state index is 4.74. The van der Waals surface area contributed by atoms with Crippen molar-refractivity contribution in [3.63, 3.8) is 0 Å². The third-order valence-corrected chi connectivity index (χ3v) is 3.63. The van der Waals surface area contributed by atoms with Crippen molar-refractivity contribution in [2.45, 2.75) is 66.3 Å². The van der Waals surface area contributed by atoms with Gasteiger partial charge in [-0.2, -0.15) is 4.98 Å². The van der Waals surface area contributed by atoms with Crippen molar-refractivity contribution in [2.75, 3.05) is 23.3 Å². The smallest absolute Gasteiger partial charge is 0.224 e. The van der Waals surface area contributed by atoms with E-state index < -0.39 is 0 Å². The van der Waals surface area contributed by atoms with Gasteiger partial charge in [-0.25, -0.2) is 4.98 Å². The molecule has 0 aliphatic heterocycles. The van der Waals surface area contributed by atoms with Gasteiger partial charge in [0.05, 0.1) is 0 Å². The van der Waals surface area contributed by atoms with Gasteiger partial charge in [-0.15, -0.1) is 0 Å². The fourth-order valence-electron chi connectivity index (χ4n) is 2.13. The molecule has 0 aliphatic rings. The minimum absolute atomic E-state index is 0.508. The molecule has 1 unspecified atom stereocenters. The van der Waals surface area contributed by atoms with E-state index in [1.165, 1.54) is 12.8 Å². The van der Waals surface area contributed by atoms with Crippen LogP contribution in [-0.4, -0.2) is 29.1 Å². The molecule has 0 fully saturated rings. The van der Waals surface area contributed by atoms with Gasteiger partial charge in [0.2, 0.25) is 5.95 Å². The first-order valence-electron chi connectivity index (χ1n) is 7.98. The Kier molecular flexibility index (Phi) is 7.34. The van der Waals surface area contributed by atoms with Crippen molar-refractivity contribution in [3.05, 3.63) is 11.8 Å². The van der Waals surface area contributed by atoms with Crippen LogP contribution < -0.4 is 10.2 Å². The molecule has 20 heavy (non-hydrogen) atoms. The van der Waals surface area contributed by atoms with Gasteiger partial charge in [0, 0.05) is 30.9 Å². The topological polar surface area (TPSA) is 41.1 Å². The van der Waals surface area contributed by atoms with Crippen LogP contribution in [0, 0.1) is 6.92 Å². The molecule has 1 heterocycles. The first-order valence-corrected chi connectivity index (χ1v) is 7.98. The minimum Gasteiger partial charge on any atom is -0.354 e. The molecule has 0 aromatic carbocycles. The van der Waals surface area contributed by atoms with Crippen LogP contribution in [0.4, 0.5) is 11.8 Å². The van der Waals surface area contributed by atoms with Gasteiger partial charge in [0.25, 0.3) is 0 Å². The fourth-order valence-corrected chi connectivity index (χ4v) is 2.13. The number of unbranched alkanes of at least 4 members (excludes halogenated alkanes) is 1. The van der Waals surface area contributed by atoms with Crippen LogP contribution in [0.3, 0.4) is 0 Å². The molecule has 0 spiro atoms. The summed E-state index contributed by atoms with van der Waals surface area (Å²) in [7, 11) is 0. The molecule has 114 valence electrons. The van der Waals surface area contributed by atoms with E-state index in [0.717, 1.165) is 43.3 Å². The first-order chi connectivity index (χ1) is 9.63. The van der Waals surface area contributed by atoms with E-state index in [2.05, 4.69) is 49.8 Å². The molecular weight excluding hydrogens is 248 g/mol. The molecule has 0 radical (unpaired) electrons. The average molecular weight is 278 g/mol. The van der Waals surface area contributed by atoms with E-state index in [9.17, 15) is 0 Å². The Morgan fingerprint density at radius 3 is 2.60 bits per heavy atom. The van der Waals surface area contributed by atoms with Crippen molar-refractivity contribution in [1.29, 1.82) is 0 Å². The van der Waals surface area contributed by atoms with E-state index in [-0.39, 0.29) is 0 Å². The van der Waals surface area contributed by atoms with Gasteiger partial charge in [-0.1, -0.05) is 27.2 Å². The molecule has 1 N–H and O–H groups in total. The molecule has 0 bridgehead atoms. The normalized spacial score (nSPS) is 12.2. The number of anilines is 2. The quantitative estimate of drug-likeness (QED) is 0.741. The maximum absolute atomic E-state index is 4.74. The van der Waals surface area contributed by atoms with E-state index in [0.29, 0.717) is 6.04 Å². The maximum Gasteiger partial charge on any atom is 0.224 e. The van der Waals surface area contributed by atoms with Crippen LogP contribution in [0.5, 0.6) is 0 Å². The highest BCUT2D eigenvalue weighted by Gasteiger charge is 2.17. The third kappa shape index (κ3) is 4.66. The van der Waals surface area contributed by atoms with Gasteiger partial charge in [0.1, 0.15) is 5.82 Å². The lowest BCUT2D eigenvalue weighted by Gasteiger charge is -2.31. The predicted octanol–water partition coefficient (Wildman–Crippen LogP) is 4.01. The van der Waals surface area contributed by atoms with Crippen LogP contribution in [0.15, 0.2) is 6.20 Å². The predicted molar refractivity (Wildman–Crippen MR) is 87.6 cm³/mol. The van der Waals surface area contributed by atoms with Crippen LogP contribution in [0.2, 0.25) is 0 Å². The molecule has 4 heteroatoms. The molecule has 1 atom stereocenters. The standard InChI is InChI=1S/C16H30N4/c1-6-9-11-20(14(5)8-3)15-13(4)12-18-16(19-15)17-10-7-2/h12,14H,6-11H2,1-5H3,(H,17,18,19). The summed E-state index contributed by atoms with van der Waals surface area (Å²) < 4.78 is 0. The molecular formula is C16H30N4. The van der Waals surface area contributed by atoms with Gasteiger partial charge in [0.15, 0.2) is 0 Å². The summed E-state index contributed by atoms with van der Waals surface area (Å²) in [5, 5.41) is 3.28. The minimum atomic E-state index is 0.508. The zero-order chi connectivity index (χ0) is 15.0. The van der Waals surface area contributed by atoms with Crippen molar-refractivity contribution in [3.8, 4) is 0 Å². The molecule has 0 amide bonds. The summed E-state index contributed by atoms with van der Waals surface area (Å²) in [5.41, 5.74) is 1.16. The Bertz CT molecular complexity index is 392. The van der Waals surface area contributed by atoms with E-state index in [1.807, 2.05) is 6.20 Å². The number of hydrogen-bond donors (Lipinski definition) is 1. The first kappa shape index (κ1) is 16.7. The molecule has 0 saturated carbocycles. The number of nitrogens with one attached hydrogen (secondary N) is 1. The van der Waals surface area contributed by atoms with E-state index in [1.54, 1.807) is 0 Å². The van der Waals surface area contributed by atoms with Crippen LogP contribution in [0.25, 0.3) is 0 Å². The number of hydrogen-bond acceptors (Lipinski definition) is 4. The van der Waals surface area contributed by atoms with Crippen LogP contribution >= 0.6 is 0 Å². The molecule has 0 saturated heterocycles. The lowest BCUT2D eigenvalue weighted by Crippen LogP contribution is -2.35. The van der Waals surface area contributed by atoms with Gasteiger partial charge in [-0.3, -0.25) is 0 Å². The molecule has 1 aromatic rings. The molecule has 1 rings (SSSR count). The van der Waals surface area contributed by atoms with Crippen LogP contribution in [0.1, 0.15) is 58.9 Å². The summed E-state index contributed by atoms with van der Waals surface area (Å²) in [5.74, 6) is 1.83. The fraction of sp³-hybridized carbons (Fsp3) is 0.750. The third-order valence-electron chi connectivity index (χ3n) is 3.63. The summed E-state index contributed by atoms with van der Waals surface area (Å²) >= 11 is 0. The van der Waals surface area contributed by atoms with Gasteiger partial charge in [-0.05, 0) is 33.1 Å². The number of rotatable bonds is 9. The highest BCUT2D eigenvalue weighted by molar-refractivity contribution is 5.49. The molecule has 1 aromatic heterocycles. The monoisotopic (exact) mass is 278 g/mol. The summed E-state index contributed by atoms with van der Waals surface area (Å²) in [6.07, 6.45) is 6.55. The average Bonchev–Trinajstić information content (AvgIpc) is 2.47. The van der Waals surface area contributed by atoms with Crippen molar-refractivity contribution >= 4 is 11.8 Å². The number of nitrogens with zero attached hydrogens (tertiary/aromatic N) is 3. The lowest BCUT2D eigenvalue weighted by molar-refractivity contribution is 0.588. The second-order valence-corrected chi connectivity index (χ2v) is 5.43. The zero-order valence-corrected chi connectivity index (χ0v) is 13.7. The van der Waals surface area contributed by atoms with Gasteiger partial charge >= 0.3 is 0 Å². The van der Waals surface area contributed by atoms with Crippen molar-refractivity contribution < 1.29 is 0 Å². The van der Waals surface area contributed by atoms with E-state index >= 15 is 0 Å². The Morgan fingerprint density at radius 1 is 1.25 bits per heavy atom. The van der Waals surface area contributed by atoms with Crippen LogP contribution in [-0.2, 0) is 0 Å². The lowest BCUT2D eigenvalue weighted by atomic mass is 10.1. The second kappa shape index (κ2) is 8.77. The highest BCUT2D eigenvalue weighted by Crippen LogP contribution is 2.22. The van der Waals surface area contributed by atoms with E-state index in [4.69, 9.17) is 4.98 Å². The highest BCUT2D eigenvalue weighted by atomic mass is 15.2. The Balaban J connectivity index is 2.97. The van der Waals surface area contributed by atoms with Crippen molar-refractivity contribution in [1.82, 2.24) is 9.97 Å². The second-order valence-electron chi connectivity index (χ2n) is 5.43. The largest absolute Gasteiger partial charge is 0.354 e. The Morgan fingerprint density at radius 2 is 2.00 bits per heavy atom. The number of aromatic nitrogens is 2. The Labute approximate surface area is 124 Å². The van der Waals surface area contributed by atoms with Gasteiger partial charge < -0.3 is 10.2 Å². The SMILES string of the molecule is CCCCN(c1nc(NCCC)ncc1C)C(C)CC. The summed E-state index contributed by atoms with van der Waals surface area (Å²) in [6, 6.07) is 0.508. The van der Waals surface area contributed by atoms with Crippen molar-refractivity contribution in [2.24, 2.45) is 0 Å². The number of aryl methyl sites for hydroxylation is 1. The molecule has 0 aliphatic carbocycles. The summed E-state index contributed by atoms with van der Waals surface area (Å²) in [6.45, 7) is 13.0. The summed E-state index contributed by atoms with van der Waals surface area (Å²) in [4.78, 5) is 11.5. The zero-order valence-electron chi connectivity index (χ0n) is 13.7. The molecule has 4 nitrogen and oxygen atoms in total.